The molecule has 1 aliphatic carbocycles. The predicted molar refractivity (Wildman–Crippen MR) is 78.3 cm³/mol. The van der Waals surface area contributed by atoms with Crippen molar-refractivity contribution in [2.45, 2.75) is 32.0 Å². The second-order valence-corrected chi connectivity index (χ2v) is 5.87. The average molecular weight is 274 g/mol. The van der Waals surface area contributed by atoms with E-state index in [4.69, 9.17) is 0 Å². The molecule has 1 N–H and O–H groups in total. The fraction of sp³-hybridized carbons (Fsp3) is 0.429. The van der Waals surface area contributed by atoms with E-state index in [2.05, 4.69) is 37.7 Å². The fourth-order valence-electron chi connectivity index (χ4n) is 2.12. The topological polar surface area (TPSA) is 41.1 Å². The Morgan fingerprint density at radius 2 is 2.26 bits per heavy atom. The maximum absolute atomic E-state index is 4.57. The summed E-state index contributed by atoms with van der Waals surface area (Å²) in [6.07, 6.45) is 6.31. The summed E-state index contributed by atoms with van der Waals surface area (Å²) in [4.78, 5) is 12.8. The van der Waals surface area contributed by atoms with Gasteiger partial charge in [-0.1, -0.05) is 6.07 Å². The molecule has 2 heterocycles. The average Bonchev–Trinajstić information content (AvgIpc) is 3.15. The number of rotatable bonds is 6. The Hall–Kier alpha value is -1.46. The van der Waals surface area contributed by atoms with Crippen molar-refractivity contribution in [2.24, 2.45) is 0 Å². The summed E-state index contributed by atoms with van der Waals surface area (Å²) in [5, 5.41) is 5.22. The Bertz CT molecular complexity index is 505. The van der Waals surface area contributed by atoms with E-state index in [9.17, 15) is 0 Å². The SMILES string of the molecule is CNCc1cnc(N(Cc2cccs2)C2CC2)cn1. The van der Waals surface area contributed by atoms with Crippen molar-refractivity contribution in [1.82, 2.24) is 15.3 Å². The van der Waals surface area contributed by atoms with Gasteiger partial charge in [-0.25, -0.2) is 4.98 Å². The van der Waals surface area contributed by atoms with Crippen molar-refractivity contribution in [2.75, 3.05) is 11.9 Å². The third-order valence-corrected chi connectivity index (χ3v) is 4.10. The summed E-state index contributed by atoms with van der Waals surface area (Å²) in [5.74, 6) is 0.996. The van der Waals surface area contributed by atoms with Crippen LogP contribution in [0.3, 0.4) is 0 Å². The highest BCUT2D eigenvalue weighted by Gasteiger charge is 2.30. The number of thiophene rings is 1. The van der Waals surface area contributed by atoms with Crippen LogP contribution in [0.5, 0.6) is 0 Å². The number of nitrogens with zero attached hydrogens (tertiary/aromatic N) is 3. The Kier molecular flexibility index (Phi) is 3.75. The van der Waals surface area contributed by atoms with Crippen LogP contribution in [0.1, 0.15) is 23.4 Å². The van der Waals surface area contributed by atoms with Gasteiger partial charge >= 0.3 is 0 Å². The molecule has 0 radical (unpaired) electrons. The Morgan fingerprint density at radius 3 is 2.84 bits per heavy atom. The van der Waals surface area contributed by atoms with Gasteiger partial charge in [0.15, 0.2) is 0 Å². The first kappa shape index (κ1) is 12.6. The first-order chi connectivity index (χ1) is 9.36. The largest absolute Gasteiger partial charge is 0.347 e. The van der Waals surface area contributed by atoms with Crippen LogP contribution in [0.25, 0.3) is 0 Å². The Labute approximate surface area is 117 Å². The monoisotopic (exact) mass is 274 g/mol. The molecular formula is C14H18N4S. The number of hydrogen-bond donors (Lipinski definition) is 1. The van der Waals surface area contributed by atoms with Crippen LogP contribution in [0, 0.1) is 0 Å². The summed E-state index contributed by atoms with van der Waals surface area (Å²) < 4.78 is 0. The molecule has 0 unspecified atom stereocenters. The molecule has 0 saturated heterocycles. The van der Waals surface area contributed by atoms with Gasteiger partial charge in [-0.05, 0) is 31.3 Å². The van der Waals surface area contributed by atoms with E-state index < -0.39 is 0 Å². The molecule has 1 saturated carbocycles. The summed E-state index contributed by atoms with van der Waals surface area (Å²) in [5.41, 5.74) is 0.984. The van der Waals surface area contributed by atoms with Crippen molar-refractivity contribution in [3.63, 3.8) is 0 Å². The molecular weight excluding hydrogens is 256 g/mol. The highest BCUT2D eigenvalue weighted by molar-refractivity contribution is 7.09. The van der Waals surface area contributed by atoms with Gasteiger partial charge in [0.05, 0.1) is 24.6 Å². The molecule has 0 bridgehead atoms. The maximum Gasteiger partial charge on any atom is 0.147 e. The van der Waals surface area contributed by atoms with Crippen LogP contribution < -0.4 is 10.2 Å². The number of aromatic nitrogens is 2. The minimum Gasteiger partial charge on any atom is -0.347 e. The molecule has 0 spiro atoms. The molecule has 5 heteroatoms. The highest BCUT2D eigenvalue weighted by Crippen LogP contribution is 2.32. The fourth-order valence-corrected chi connectivity index (χ4v) is 2.83. The summed E-state index contributed by atoms with van der Waals surface area (Å²) >= 11 is 1.80. The molecule has 0 atom stereocenters. The van der Waals surface area contributed by atoms with E-state index in [-0.39, 0.29) is 0 Å². The molecule has 3 rings (SSSR count). The van der Waals surface area contributed by atoms with Crippen LogP contribution >= 0.6 is 11.3 Å². The Morgan fingerprint density at radius 1 is 1.37 bits per heavy atom. The lowest BCUT2D eigenvalue weighted by Gasteiger charge is -2.22. The second-order valence-electron chi connectivity index (χ2n) is 4.83. The number of nitrogens with one attached hydrogen (secondary N) is 1. The molecule has 0 aromatic carbocycles. The van der Waals surface area contributed by atoms with Gasteiger partial charge in [-0.3, -0.25) is 4.98 Å². The zero-order valence-corrected chi connectivity index (χ0v) is 11.9. The first-order valence-electron chi connectivity index (χ1n) is 6.61. The van der Waals surface area contributed by atoms with Crippen molar-refractivity contribution in [1.29, 1.82) is 0 Å². The molecule has 2 aromatic rings. The van der Waals surface area contributed by atoms with Crippen LogP contribution in [-0.2, 0) is 13.1 Å². The lowest BCUT2D eigenvalue weighted by Crippen LogP contribution is -2.25. The van der Waals surface area contributed by atoms with E-state index in [1.807, 2.05) is 19.4 Å². The molecule has 1 aliphatic rings. The minimum absolute atomic E-state index is 0.645. The standard InChI is InChI=1S/C14H18N4S/c1-15-7-11-8-17-14(9-16-11)18(12-4-5-12)10-13-3-2-6-19-13/h2-3,6,8-9,12,15H,4-5,7,10H2,1H3. The molecule has 1 fully saturated rings. The zero-order valence-electron chi connectivity index (χ0n) is 11.0. The highest BCUT2D eigenvalue weighted by atomic mass is 32.1. The van der Waals surface area contributed by atoms with Crippen molar-refractivity contribution in [3.05, 3.63) is 40.5 Å². The second kappa shape index (κ2) is 5.67. The van der Waals surface area contributed by atoms with Crippen molar-refractivity contribution >= 4 is 17.2 Å². The minimum atomic E-state index is 0.645. The van der Waals surface area contributed by atoms with Crippen LogP contribution in [0.2, 0.25) is 0 Å². The van der Waals surface area contributed by atoms with Crippen LogP contribution in [0.4, 0.5) is 5.82 Å². The predicted octanol–water partition coefficient (Wildman–Crippen LogP) is 2.43. The van der Waals surface area contributed by atoms with Gasteiger partial charge in [0, 0.05) is 17.5 Å². The van der Waals surface area contributed by atoms with Gasteiger partial charge in [-0.15, -0.1) is 11.3 Å². The third kappa shape index (κ3) is 3.11. The molecule has 0 aliphatic heterocycles. The van der Waals surface area contributed by atoms with E-state index in [0.717, 1.165) is 24.6 Å². The zero-order chi connectivity index (χ0) is 13.1. The van der Waals surface area contributed by atoms with Crippen molar-refractivity contribution in [3.8, 4) is 0 Å². The molecule has 2 aromatic heterocycles. The first-order valence-corrected chi connectivity index (χ1v) is 7.49. The van der Waals surface area contributed by atoms with Gasteiger partial charge in [0.1, 0.15) is 5.82 Å². The Balaban J connectivity index is 1.76. The normalized spacial score (nSPS) is 14.6. The molecule has 0 amide bonds. The van der Waals surface area contributed by atoms with Gasteiger partial charge in [0.2, 0.25) is 0 Å². The van der Waals surface area contributed by atoms with Gasteiger partial charge in [0.25, 0.3) is 0 Å². The summed E-state index contributed by atoms with van der Waals surface area (Å²) in [7, 11) is 1.92. The summed E-state index contributed by atoms with van der Waals surface area (Å²) in [6.45, 7) is 1.71. The van der Waals surface area contributed by atoms with Crippen LogP contribution in [0.15, 0.2) is 29.9 Å². The van der Waals surface area contributed by atoms with Gasteiger partial charge < -0.3 is 10.2 Å². The lowest BCUT2D eigenvalue weighted by atomic mass is 10.3. The smallest absolute Gasteiger partial charge is 0.147 e. The maximum atomic E-state index is 4.57. The quantitative estimate of drug-likeness (QED) is 0.878. The summed E-state index contributed by atoms with van der Waals surface area (Å²) in [6, 6.07) is 4.93. The van der Waals surface area contributed by atoms with Crippen molar-refractivity contribution < 1.29 is 0 Å². The molecule has 100 valence electrons. The number of anilines is 1. The van der Waals surface area contributed by atoms with E-state index in [1.54, 1.807) is 11.3 Å². The third-order valence-electron chi connectivity index (χ3n) is 3.24. The van der Waals surface area contributed by atoms with Gasteiger partial charge in [-0.2, -0.15) is 0 Å². The number of hydrogen-bond acceptors (Lipinski definition) is 5. The van der Waals surface area contributed by atoms with E-state index in [0.29, 0.717) is 6.04 Å². The molecule has 19 heavy (non-hydrogen) atoms. The molecule has 4 nitrogen and oxygen atoms in total. The lowest BCUT2D eigenvalue weighted by molar-refractivity contribution is 0.758. The van der Waals surface area contributed by atoms with E-state index >= 15 is 0 Å². The van der Waals surface area contributed by atoms with Crippen LogP contribution in [-0.4, -0.2) is 23.1 Å². The van der Waals surface area contributed by atoms with E-state index in [1.165, 1.54) is 17.7 Å².